The second kappa shape index (κ2) is 12.8. The first kappa shape index (κ1) is 26.2. The van der Waals surface area contributed by atoms with Crippen LogP contribution < -0.4 is 10.6 Å². The highest BCUT2D eigenvalue weighted by molar-refractivity contribution is 14.0. The van der Waals surface area contributed by atoms with Crippen LogP contribution in [-0.4, -0.2) is 49.5 Å². The van der Waals surface area contributed by atoms with E-state index in [-0.39, 0.29) is 47.7 Å². The van der Waals surface area contributed by atoms with E-state index < -0.39 is 0 Å². The number of nitrogens with zero attached hydrogens (tertiary/aromatic N) is 2. The van der Waals surface area contributed by atoms with Gasteiger partial charge in [0.25, 0.3) is 0 Å². The lowest BCUT2D eigenvalue weighted by Crippen LogP contribution is -2.40. The van der Waals surface area contributed by atoms with Gasteiger partial charge in [-0.1, -0.05) is 32.9 Å². The van der Waals surface area contributed by atoms with Gasteiger partial charge >= 0.3 is 5.97 Å². The number of guanidine groups is 1. The van der Waals surface area contributed by atoms with E-state index in [9.17, 15) is 9.59 Å². The van der Waals surface area contributed by atoms with Gasteiger partial charge in [-0.05, 0) is 36.5 Å². The van der Waals surface area contributed by atoms with Gasteiger partial charge in [0.2, 0.25) is 5.91 Å². The zero-order chi connectivity index (χ0) is 21.4. The number of carbonyl (C=O) groups excluding carboxylic acids is 2. The maximum absolute atomic E-state index is 12.0. The maximum Gasteiger partial charge on any atom is 0.310 e. The summed E-state index contributed by atoms with van der Waals surface area (Å²) in [5.41, 5.74) is 1.80. The predicted molar refractivity (Wildman–Crippen MR) is 131 cm³/mol. The summed E-state index contributed by atoms with van der Waals surface area (Å²) in [4.78, 5) is 30.9. The maximum atomic E-state index is 12.0. The van der Waals surface area contributed by atoms with Gasteiger partial charge in [-0.25, -0.2) is 4.99 Å². The third-order valence-corrected chi connectivity index (χ3v) is 4.97. The van der Waals surface area contributed by atoms with Crippen LogP contribution in [0.4, 0.5) is 5.69 Å². The topological polar surface area (TPSA) is 83.0 Å². The molecule has 0 bridgehead atoms. The SMILES string of the molecule is CCNC(=NCc1cccc(NC(=O)CC(C)C)c1)N1CC(C)C(C(=O)OC)C1.I. The molecule has 1 fully saturated rings. The van der Waals surface area contributed by atoms with Crippen LogP contribution >= 0.6 is 24.0 Å². The first-order valence-corrected chi connectivity index (χ1v) is 10.3. The van der Waals surface area contributed by atoms with Crippen molar-refractivity contribution in [3.63, 3.8) is 0 Å². The number of anilines is 1. The second-order valence-corrected chi connectivity index (χ2v) is 8.03. The quantitative estimate of drug-likeness (QED) is 0.244. The van der Waals surface area contributed by atoms with E-state index in [1.165, 1.54) is 7.11 Å². The third-order valence-electron chi connectivity index (χ3n) is 4.97. The van der Waals surface area contributed by atoms with Gasteiger partial charge in [-0.3, -0.25) is 9.59 Å². The fourth-order valence-electron chi connectivity index (χ4n) is 3.52. The summed E-state index contributed by atoms with van der Waals surface area (Å²) in [5, 5.41) is 6.26. The number of ether oxygens (including phenoxy) is 1. The van der Waals surface area contributed by atoms with Gasteiger partial charge in [0, 0.05) is 31.7 Å². The number of methoxy groups -OCH3 is 1. The molecule has 1 aliphatic rings. The zero-order valence-corrected chi connectivity index (χ0v) is 20.9. The van der Waals surface area contributed by atoms with Crippen LogP contribution in [0.15, 0.2) is 29.3 Å². The normalized spacial score (nSPS) is 18.7. The van der Waals surface area contributed by atoms with E-state index in [2.05, 4.69) is 22.5 Å². The summed E-state index contributed by atoms with van der Waals surface area (Å²) in [6.45, 7) is 10.7. The first-order chi connectivity index (χ1) is 13.8. The second-order valence-electron chi connectivity index (χ2n) is 8.03. The fraction of sp³-hybridized carbons (Fsp3) is 0.591. The summed E-state index contributed by atoms with van der Waals surface area (Å²) < 4.78 is 4.93. The molecule has 1 heterocycles. The van der Waals surface area contributed by atoms with Crippen molar-refractivity contribution < 1.29 is 14.3 Å². The molecule has 2 unspecified atom stereocenters. The van der Waals surface area contributed by atoms with E-state index >= 15 is 0 Å². The standard InChI is InChI=1S/C22H34N4O3.HI/c1-6-23-22(26-13-16(4)19(14-26)21(28)29-5)24-12-17-8-7-9-18(11-17)25-20(27)10-15(2)3;/h7-9,11,15-16,19H,6,10,12-14H2,1-5H3,(H,23,24)(H,25,27);1H. The number of likely N-dealkylation sites (tertiary alicyclic amines) is 1. The minimum absolute atomic E-state index is 0. The van der Waals surface area contributed by atoms with Crippen molar-refractivity contribution >= 4 is 47.5 Å². The van der Waals surface area contributed by atoms with Gasteiger partial charge in [0.15, 0.2) is 5.96 Å². The number of hydrogen-bond acceptors (Lipinski definition) is 4. The minimum Gasteiger partial charge on any atom is -0.469 e. The molecule has 2 N–H and O–H groups in total. The Morgan fingerprint density at radius 2 is 2.03 bits per heavy atom. The van der Waals surface area contributed by atoms with Gasteiger partial charge in [0.05, 0.1) is 19.6 Å². The largest absolute Gasteiger partial charge is 0.469 e. The first-order valence-electron chi connectivity index (χ1n) is 10.3. The number of hydrogen-bond donors (Lipinski definition) is 2. The Morgan fingerprint density at radius 3 is 2.67 bits per heavy atom. The highest BCUT2D eigenvalue weighted by atomic mass is 127. The van der Waals surface area contributed by atoms with Crippen LogP contribution in [0.1, 0.15) is 39.7 Å². The molecule has 2 atom stereocenters. The van der Waals surface area contributed by atoms with Crippen molar-refractivity contribution in [1.82, 2.24) is 10.2 Å². The summed E-state index contributed by atoms with van der Waals surface area (Å²) in [6, 6.07) is 7.76. The molecule has 0 saturated carbocycles. The summed E-state index contributed by atoms with van der Waals surface area (Å²) in [7, 11) is 1.43. The van der Waals surface area contributed by atoms with E-state index in [1.807, 2.05) is 45.0 Å². The molecular formula is C22H35IN4O3. The highest BCUT2D eigenvalue weighted by Gasteiger charge is 2.36. The van der Waals surface area contributed by atoms with Gasteiger partial charge in [0.1, 0.15) is 0 Å². The average Bonchev–Trinajstić information content (AvgIpc) is 3.05. The number of aliphatic imine (C=N–C) groups is 1. The Kier molecular flexibility index (Phi) is 11.1. The molecule has 1 aromatic carbocycles. The lowest BCUT2D eigenvalue weighted by atomic mass is 9.99. The van der Waals surface area contributed by atoms with Crippen LogP contribution in [0.25, 0.3) is 0 Å². The van der Waals surface area contributed by atoms with Crippen molar-refractivity contribution in [3.05, 3.63) is 29.8 Å². The Bertz CT molecular complexity index is 739. The number of nitrogens with one attached hydrogen (secondary N) is 2. The third kappa shape index (κ3) is 7.77. The molecule has 2 rings (SSSR count). The Labute approximate surface area is 197 Å². The highest BCUT2D eigenvalue weighted by Crippen LogP contribution is 2.24. The van der Waals surface area contributed by atoms with Crippen molar-refractivity contribution in [1.29, 1.82) is 0 Å². The molecule has 0 radical (unpaired) electrons. The Morgan fingerprint density at radius 1 is 1.30 bits per heavy atom. The van der Waals surface area contributed by atoms with Crippen molar-refractivity contribution in [3.8, 4) is 0 Å². The van der Waals surface area contributed by atoms with E-state index in [0.29, 0.717) is 25.4 Å². The number of amides is 1. The van der Waals surface area contributed by atoms with Crippen molar-refractivity contribution in [2.75, 3.05) is 32.1 Å². The van der Waals surface area contributed by atoms with Gasteiger partial charge < -0.3 is 20.3 Å². The minimum atomic E-state index is -0.166. The molecular weight excluding hydrogens is 495 g/mol. The van der Waals surface area contributed by atoms with E-state index in [1.54, 1.807) is 0 Å². The molecule has 168 valence electrons. The molecule has 1 saturated heterocycles. The average molecular weight is 530 g/mol. The summed E-state index contributed by atoms with van der Waals surface area (Å²) in [6.07, 6.45) is 0.501. The predicted octanol–water partition coefficient (Wildman–Crippen LogP) is 3.50. The molecule has 1 amide bonds. The molecule has 7 nitrogen and oxygen atoms in total. The van der Waals surface area contributed by atoms with Crippen LogP contribution in [-0.2, 0) is 20.9 Å². The van der Waals surface area contributed by atoms with Crippen molar-refractivity contribution in [2.24, 2.45) is 22.7 Å². The summed E-state index contributed by atoms with van der Waals surface area (Å²) in [5.74, 6) is 1.05. The van der Waals surface area contributed by atoms with Crippen LogP contribution in [0.2, 0.25) is 0 Å². The van der Waals surface area contributed by atoms with Crippen LogP contribution in [0.3, 0.4) is 0 Å². The number of carbonyl (C=O) groups is 2. The number of halogens is 1. The molecule has 30 heavy (non-hydrogen) atoms. The molecule has 1 aromatic rings. The molecule has 0 spiro atoms. The number of benzene rings is 1. The fourth-order valence-corrected chi connectivity index (χ4v) is 3.52. The lowest BCUT2D eigenvalue weighted by molar-refractivity contribution is -0.146. The molecule has 1 aliphatic heterocycles. The smallest absolute Gasteiger partial charge is 0.310 e. The monoisotopic (exact) mass is 530 g/mol. The molecule has 0 aromatic heterocycles. The Balaban J connectivity index is 0.00000450. The lowest BCUT2D eigenvalue weighted by Gasteiger charge is -2.21. The van der Waals surface area contributed by atoms with Crippen LogP contribution in [0, 0.1) is 17.8 Å². The van der Waals surface area contributed by atoms with Gasteiger partial charge in [-0.2, -0.15) is 0 Å². The van der Waals surface area contributed by atoms with E-state index in [0.717, 1.165) is 30.3 Å². The number of rotatable bonds is 7. The summed E-state index contributed by atoms with van der Waals surface area (Å²) >= 11 is 0. The van der Waals surface area contributed by atoms with E-state index in [4.69, 9.17) is 9.73 Å². The number of esters is 1. The molecule has 0 aliphatic carbocycles. The molecule has 8 heteroatoms. The Hall–Kier alpha value is -1.84. The zero-order valence-electron chi connectivity index (χ0n) is 18.6. The van der Waals surface area contributed by atoms with Crippen molar-refractivity contribution in [2.45, 2.75) is 40.7 Å². The van der Waals surface area contributed by atoms with Crippen LogP contribution in [0.5, 0.6) is 0 Å². The van der Waals surface area contributed by atoms with Gasteiger partial charge in [-0.15, -0.1) is 24.0 Å².